The van der Waals surface area contributed by atoms with Gasteiger partial charge in [-0.2, -0.15) is 0 Å². The minimum absolute atomic E-state index is 0.676. The van der Waals surface area contributed by atoms with Gasteiger partial charge in [-0.1, -0.05) is 38.5 Å². The summed E-state index contributed by atoms with van der Waals surface area (Å²) < 4.78 is 0. The molecule has 0 unspecified atom stereocenters. The number of allylic oxidation sites excluding steroid dienone is 3. The average Bonchev–Trinajstić information content (AvgIpc) is 1.86. The quantitative estimate of drug-likeness (QED) is 0.521. The molecule has 0 aliphatic heterocycles. The lowest BCUT2D eigenvalue weighted by Gasteiger charge is -2.02. The third-order valence-corrected chi connectivity index (χ3v) is 1.43. The first-order valence-electron chi connectivity index (χ1n) is 4.01. The van der Waals surface area contributed by atoms with Crippen LogP contribution in [-0.2, 0) is 0 Å². The molecule has 0 aliphatic carbocycles. The van der Waals surface area contributed by atoms with Crippen LogP contribution in [0.25, 0.3) is 0 Å². The summed E-state index contributed by atoms with van der Waals surface area (Å²) in [6.07, 6.45) is 6.50. The Morgan fingerprint density at radius 3 is 2.40 bits per heavy atom. The largest absolute Gasteiger partial charge is 0.103 e. The van der Waals surface area contributed by atoms with Crippen LogP contribution in [0, 0.1) is 5.92 Å². The highest BCUT2D eigenvalue weighted by Crippen LogP contribution is 2.10. The summed E-state index contributed by atoms with van der Waals surface area (Å²) in [4.78, 5) is 0. The highest BCUT2D eigenvalue weighted by atomic mass is 14.0. The van der Waals surface area contributed by atoms with E-state index in [-0.39, 0.29) is 0 Å². The third kappa shape index (κ3) is 4.37. The van der Waals surface area contributed by atoms with Crippen LogP contribution < -0.4 is 0 Å². The molecule has 0 atom stereocenters. The molecule has 0 radical (unpaired) electrons. The van der Waals surface area contributed by atoms with Crippen LogP contribution in [0.5, 0.6) is 0 Å². The van der Waals surface area contributed by atoms with Crippen LogP contribution >= 0.6 is 0 Å². The van der Waals surface area contributed by atoms with Crippen molar-refractivity contribution in [3.8, 4) is 0 Å². The van der Waals surface area contributed by atoms with Crippen molar-refractivity contribution in [1.29, 1.82) is 0 Å². The highest BCUT2D eigenvalue weighted by molar-refractivity contribution is 5.06. The predicted octanol–water partition coefficient (Wildman–Crippen LogP) is 3.55. The molecular formula is C10H18. The van der Waals surface area contributed by atoms with E-state index in [2.05, 4.69) is 33.4 Å². The Labute approximate surface area is 64.6 Å². The molecule has 0 heteroatoms. The lowest BCUT2D eigenvalue weighted by atomic mass is 10.0. The molecule has 0 heterocycles. The molecule has 0 aromatic heterocycles. The van der Waals surface area contributed by atoms with Crippen LogP contribution in [0.4, 0.5) is 0 Å². The van der Waals surface area contributed by atoms with Crippen LogP contribution in [0.2, 0.25) is 0 Å². The Balaban J connectivity index is 3.90. The second-order valence-corrected chi connectivity index (χ2v) is 2.92. The third-order valence-electron chi connectivity index (χ3n) is 1.43. The SMILES string of the molecule is C=CCC(=CC(C)C)CC. The fraction of sp³-hybridized carbons (Fsp3) is 0.600. The normalized spacial score (nSPS) is 12.2. The van der Waals surface area contributed by atoms with Crippen molar-refractivity contribution in [2.75, 3.05) is 0 Å². The van der Waals surface area contributed by atoms with Gasteiger partial charge in [0.15, 0.2) is 0 Å². The van der Waals surface area contributed by atoms with E-state index in [0.29, 0.717) is 5.92 Å². The summed E-state index contributed by atoms with van der Waals surface area (Å²) in [5.41, 5.74) is 1.50. The van der Waals surface area contributed by atoms with Crippen molar-refractivity contribution in [3.05, 3.63) is 24.3 Å². The summed E-state index contributed by atoms with van der Waals surface area (Å²) >= 11 is 0. The summed E-state index contributed by atoms with van der Waals surface area (Å²) in [6, 6.07) is 0. The fourth-order valence-corrected chi connectivity index (χ4v) is 0.987. The Morgan fingerprint density at radius 1 is 1.50 bits per heavy atom. The Kier molecular flexibility index (Phi) is 5.00. The molecule has 0 aliphatic rings. The van der Waals surface area contributed by atoms with Gasteiger partial charge in [0.2, 0.25) is 0 Å². The molecule has 0 N–H and O–H groups in total. The van der Waals surface area contributed by atoms with Gasteiger partial charge in [0.05, 0.1) is 0 Å². The van der Waals surface area contributed by atoms with Gasteiger partial charge in [-0.3, -0.25) is 0 Å². The van der Waals surface area contributed by atoms with Gasteiger partial charge in [0, 0.05) is 0 Å². The lowest BCUT2D eigenvalue weighted by molar-refractivity contribution is 0.806. The van der Waals surface area contributed by atoms with Gasteiger partial charge in [0.25, 0.3) is 0 Å². The Morgan fingerprint density at radius 2 is 2.10 bits per heavy atom. The molecule has 0 nitrogen and oxygen atoms in total. The maximum atomic E-state index is 3.71. The first-order valence-corrected chi connectivity index (χ1v) is 4.01. The fourth-order valence-electron chi connectivity index (χ4n) is 0.987. The summed E-state index contributed by atoms with van der Waals surface area (Å²) in [7, 11) is 0. The van der Waals surface area contributed by atoms with Gasteiger partial charge < -0.3 is 0 Å². The van der Waals surface area contributed by atoms with Crippen molar-refractivity contribution in [2.24, 2.45) is 5.92 Å². The minimum Gasteiger partial charge on any atom is -0.103 e. The molecular weight excluding hydrogens is 120 g/mol. The zero-order valence-corrected chi connectivity index (χ0v) is 7.35. The molecule has 0 spiro atoms. The molecule has 0 aromatic carbocycles. The van der Waals surface area contributed by atoms with Gasteiger partial charge in [-0.25, -0.2) is 0 Å². The van der Waals surface area contributed by atoms with E-state index >= 15 is 0 Å². The van der Waals surface area contributed by atoms with E-state index in [1.807, 2.05) is 6.08 Å². The maximum absolute atomic E-state index is 3.71. The van der Waals surface area contributed by atoms with Crippen molar-refractivity contribution in [1.82, 2.24) is 0 Å². The summed E-state index contributed by atoms with van der Waals surface area (Å²) in [6.45, 7) is 10.3. The standard InChI is InChI=1S/C10H18/c1-5-7-10(6-2)8-9(3)4/h5,8-9H,1,6-7H2,2-4H3. The zero-order valence-electron chi connectivity index (χ0n) is 7.35. The highest BCUT2D eigenvalue weighted by Gasteiger charge is 1.92. The van der Waals surface area contributed by atoms with E-state index in [1.165, 1.54) is 5.57 Å². The number of rotatable bonds is 4. The molecule has 10 heavy (non-hydrogen) atoms. The average molecular weight is 138 g/mol. The molecule has 0 saturated heterocycles. The van der Waals surface area contributed by atoms with Crippen LogP contribution in [0.3, 0.4) is 0 Å². The molecule has 0 saturated carbocycles. The van der Waals surface area contributed by atoms with Crippen LogP contribution in [0.1, 0.15) is 33.6 Å². The Bertz CT molecular complexity index is 118. The molecule has 0 aromatic rings. The minimum atomic E-state index is 0.676. The van der Waals surface area contributed by atoms with Gasteiger partial charge in [-0.05, 0) is 18.8 Å². The van der Waals surface area contributed by atoms with Crippen LogP contribution in [0.15, 0.2) is 24.3 Å². The zero-order chi connectivity index (χ0) is 7.98. The summed E-state index contributed by atoms with van der Waals surface area (Å²) in [5.74, 6) is 0.676. The number of hydrogen-bond acceptors (Lipinski definition) is 0. The van der Waals surface area contributed by atoms with E-state index < -0.39 is 0 Å². The van der Waals surface area contributed by atoms with E-state index in [4.69, 9.17) is 0 Å². The van der Waals surface area contributed by atoms with Crippen molar-refractivity contribution in [3.63, 3.8) is 0 Å². The van der Waals surface area contributed by atoms with Crippen molar-refractivity contribution >= 4 is 0 Å². The second kappa shape index (κ2) is 5.28. The molecule has 0 amide bonds. The monoisotopic (exact) mass is 138 g/mol. The molecule has 58 valence electrons. The smallest absolute Gasteiger partial charge is 0.0142 e. The van der Waals surface area contributed by atoms with Gasteiger partial charge >= 0.3 is 0 Å². The first kappa shape index (κ1) is 9.48. The van der Waals surface area contributed by atoms with E-state index in [9.17, 15) is 0 Å². The Hall–Kier alpha value is -0.520. The molecule has 0 rings (SSSR count). The van der Waals surface area contributed by atoms with E-state index in [1.54, 1.807) is 0 Å². The van der Waals surface area contributed by atoms with Crippen molar-refractivity contribution in [2.45, 2.75) is 33.6 Å². The van der Waals surface area contributed by atoms with Gasteiger partial charge in [0.1, 0.15) is 0 Å². The molecule has 0 fully saturated rings. The van der Waals surface area contributed by atoms with Crippen molar-refractivity contribution < 1.29 is 0 Å². The molecule has 0 bridgehead atoms. The van der Waals surface area contributed by atoms with E-state index in [0.717, 1.165) is 12.8 Å². The topological polar surface area (TPSA) is 0 Å². The number of hydrogen-bond donors (Lipinski definition) is 0. The predicted molar refractivity (Wildman–Crippen MR) is 48.0 cm³/mol. The summed E-state index contributed by atoms with van der Waals surface area (Å²) in [5, 5.41) is 0. The second-order valence-electron chi connectivity index (χ2n) is 2.92. The first-order chi connectivity index (χ1) is 4.70. The van der Waals surface area contributed by atoms with Crippen LogP contribution in [-0.4, -0.2) is 0 Å². The van der Waals surface area contributed by atoms with Gasteiger partial charge in [-0.15, -0.1) is 6.58 Å². The maximum Gasteiger partial charge on any atom is -0.0142 e. The lowest BCUT2D eigenvalue weighted by Crippen LogP contribution is -1.84.